The van der Waals surface area contributed by atoms with E-state index in [1.807, 2.05) is 0 Å². The summed E-state index contributed by atoms with van der Waals surface area (Å²) < 4.78 is 10.3. The molecule has 1 aromatic rings. The fraction of sp³-hybridized carbons (Fsp3) is 0.231. The van der Waals surface area contributed by atoms with Crippen molar-refractivity contribution >= 4 is 33.9 Å². The number of carbonyl (C=O) groups is 2. The number of rotatable bonds is 4. The molecular formula is C13H13BrO4. The molecule has 96 valence electrons. The van der Waals surface area contributed by atoms with Crippen LogP contribution >= 0.6 is 15.9 Å². The van der Waals surface area contributed by atoms with Gasteiger partial charge in [0.25, 0.3) is 0 Å². The Morgan fingerprint density at radius 3 is 2.61 bits per heavy atom. The maximum Gasteiger partial charge on any atom is 0.338 e. The molecule has 0 heterocycles. The summed E-state index contributed by atoms with van der Waals surface area (Å²) in [5, 5.41) is 0. The van der Waals surface area contributed by atoms with Gasteiger partial charge in [0.15, 0.2) is 0 Å². The molecular weight excluding hydrogens is 300 g/mol. The molecule has 0 N–H and O–H groups in total. The maximum atomic E-state index is 11.5. The van der Waals surface area contributed by atoms with Crippen LogP contribution in [0.4, 0.5) is 0 Å². The molecule has 0 saturated heterocycles. The number of ether oxygens (including phenoxy) is 2. The van der Waals surface area contributed by atoms with Crippen molar-refractivity contribution in [2.45, 2.75) is 13.5 Å². The highest BCUT2D eigenvalue weighted by molar-refractivity contribution is 9.10. The number of benzene rings is 1. The zero-order valence-corrected chi connectivity index (χ0v) is 11.7. The van der Waals surface area contributed by atoms with Crippen LogP contribution in [0.2, 0.25) is 0 Å². The minimum Gasteiger partial charge on any atom is -0.465 e. The summed E-state index contributed by atoms with van der Waals surface area (Å²) in [6, 6.07) is 3.32. The van der Waals surface area contributed by atoms with Gasteiger partial charge in [0.05, 0.1) is 12.7 Å². The minimum absolute atomic E-state index is 0.137. The van der Waals surface area contributed by atoms with Crippen LogP contribution in [0.25, 0.3) is 6.08 Å². The van der Waals surface area contributed by atoms with Gasteiger partial charge in [-0.25, -0.2) is 4.79 Å². The Kier molecular flexibility index (Phi) is 5.09. The van der Waals surface area contributed by atoms with Crippen LogP contribution in [-0.2, 0) is 20.9 Å². The molecule has 0 bridgehead atoms. The molecule has 5 heteroatoms. The summed E-state index contributed by atoms with van der Waals surface area (Å²) in [5.74, 6) is -0.802. The summed E-state index contributed by atoms with van der Waals surface area (Å²) in [7, 11) is 1.32. The van der Waals surface area contributed by atoms with E-state index in [9.17, 15) is 9.59 Å². The van der Waals surface area contributed by atoms with Crippen molar-refractivity contribution in [2.24, 2.45) is 0 Å². The van der Waals surface area contributed by atoms with Crippen molar-refractivity contribution in [3.05, 3.63) is 39.9 Å². The second kappa shape index (κ2) is 6.35. The third-order valence-corrected chi connectivity index (χ3v) is 3.24. The van der Waals surface area contributed by atoms with Crippen LogP contribution in [0.5, 0.6) is 0 Å². The van der Waals surface area contributed by atoms with Crippen LogP contribution in [0.3, 0.4) is 0 Å². The number of methoxy groups -OCH3 is 1. The van der Waals surface area contributed by atoms with Crippen molar-refractivity contribution in [3.63, 3.8) is 0 Å². The summed E-state index contributed by atoms with van der Waals surface area (Å²) >= 11 is 3.37. The minimum atomic E-state index is -0.440. The van der Waals surface area contributed by atoms with E-state index in [0.717, 1.165) is 5.56 Å². The number of hydrogen-bond acceptors (Lipinski definition) is 4. The van der Waals surface area contributed by atoms with E-state index in [1.54, 1.807) is 18.2 Å². The lowest BCUT2D eigenvalue weighted by Gasteiger charge is -2.11. The van der Waals surface area contributed by atoms with Crippen LogP contribution in [0, 0.1) is 0 Å². The van der Waals surface area contributed by atoms with Gasteiger partial charge in [-0.15, -0.1) is 0 Å². The maximum absolute atomic E-state index is 11.5. The topological polar surface area (TPSA) is 52.6 Å². The molecule has 0 aromatic heterocycles. The molecule has 0 saturated carbocycles. The summed E-state index contributed by atoms with van der Waals surface area (Å²) in [5.41, 5.74) is 1.78. The van der Waals surface area contributed by atoms with Crippen LogP contribution in [0.15, 0.2) is 23.2 Å². The third kappa shape index (κ3) is 3.20. The van der Waals surface area contributed by atoms with E-state index in [2.05, 4.69) is 27.2 Å². The lowest BCUT2D eigenvalue weighted by atomic mass is 10.0. The summed E-state index contributed by atoms with van der Waals surface area (Å²) in [6.07, 6.45) is 1.55. The Balaban J connectivity index is 3.15. The van der Waals surface area contributed by atoms with Gasteiger partial charge in [0.1, 0.15) is 6.61 Å². The number of hydrogen-bond donors (Lipinski definition) is 0. The quantitative estimate of drug-likeness (QED) is 0.802. The Morgan fingerprint density at radius 2 is 2.11 bits per heavy atom. The van der Waals surface area contributed by atoms with Gasteiger partial charge in [0, 0.05) is 22.5 Å². The number of halogens is 1. The van der Waals surface area contributed by atoms with E-state index >= 15 is 0 Å². The van der Waals surface area contributed by atoms with Crippen molar-refractivity contribution in [3.8, 4) is 0 Å². The Labute approximate surface area is 114 Å². The largest absolute Gasteiger partial charge is 0.465 e. The van der Waals surface area contributed by atoms with Crippen molar-refractivity contribution < 1.29 is 19.1 Å². The molecule has 0 fully saturated rings. The lowest BCUT2D eigenvalue weighted by Crippen LogP contribution is -2.06. The van der Waals surface area contributed by atoms with Gasteiger partial charge in [0.2, 0.25) is 0 Å². The van der Waals surface area contributed by atoms with E-state index in [-0.39, 0.29) is 12.6 Å². The van der Waals surface area contributed by atoms with Gasteiger partial charge < -0.3 is 9.47 Å². The van der Waals surface area contributed by atoms with Crippen LogP contribution in [0.1, 0.15) is 28.4 Å². The summed E-state index contributed by atoms with van der Waals surface area (Å²) in [4.78, 5) is 22.3. The van der Waals surface area contributed by atoms with Crippen molar-refractivity contribution in [2.75, 3.05) is 7.11 Å². The Bertz CT molecular complexity index is 494. The smallest absolute Gasteiger partial charge is 0.338 e. The average Bonchev–Trinajstić information content (AvgIpc) is 2.35. The number of carbonyl (C=O) groups excluding carboxylic acids is 2. The fourth-order valence-electron chi connectivity index (χ4n) is 1.42. The highest BCUT2D eigenvalue weighted by Crippen LogP contribution is 2.27. The van der Waals surface area contributed by atoms with Gasteiger partial charge in [-0.1, -0.05) is 18.7 Å². The molecule has 0 amide bonds. The molecule has 1 aromatic carbocycles. The van der Waals surface area contributed by atoms with E-state index in [0.29, 0.717) is 15.6 Å². The molecule has 18 heavy (non-hydrogen) atoms. The zero-order chi connectivity index (χ0) is 13.7. The lowest BCUT2D eigenvalue weighted by molar-refractivity contribution is -0.142. The average molecular weight is 313 g/mol. The SMILES string of the molecule is C=Cc1c(C(=O)OC)ccc(COC(C)=O)c1Br. The first-order valence-corrected chi connectivity index (χ1v) is 5.96. The fourth-order valence-corrected chi connectivity index (χ4v) is 2.04. The van der Waals surface area contributed by atoms with Crippen molar-refractivity contribution in [1.29, 1.82) is 0 Å². The van der Waals surface area contributed by atoms with Crippen LogP contribution in [-0.4, -0.2) is 19.0 Å². The molecule has 0 aliphatic rings. The van der Waals surface area contributed by atoms with Gasteiger partial charge in [-0.2, -0.15) is 0 Å². The molecule has 0 atom stereocenters. The first-order valence-electron chi connectivity index (χ1n) is 5.16. The highest BCUT2D eigenvalue weighted by atomic mass is 79.9. The third-order valence-electron chi connectivity index (χ3n) is 2.30. The predicted molar refractivity (Wildman–Crippen MR) is 71.0 cm³/mol. The zero-order valence-electron chi connectivity index (χ0n) is 10.2. The highest BCUT2D eigenvalue weighted by Gasteiger charge is 2.15. The van der Waals surface area contributed by atoms with Crippen molar-refractivity contribution in [1.82, 2.24) is 0 Å². The monoisotopic (exact) mass is 312 g/mol. The first-order chi connectivity index (χ1) is 8.51. The molecule has 0 aliphatic heterocycles. The summed E-state index contributed by atoms with van der Waals surface area (Å²) in [6.45, 7) is 5.14. The molecule has 0 radical (unpaired) electrons. The second-order valence-electron chi connectivity index (χ2n) is 3.48. The number of esters is 2. The van der Waals surface area contributed by atoms with Gasteiger partial charge >= 0.3 is 11.9 Å². The predicted octanol–water partition coefficient (Wildman–Crippen LogP) is 2.94. The normalized spacial score (nSPS) is 9.72. The molecule has 0 spiro atoms. The first kappa shape index (κ1) is 14.4. The standard InChI is InChI=1S/C13H13BrO4/c1-4-10-11(13(16)17-3)6-5-9(12(10)14)7-18-8(2)15/h4-6H,1,7H2,2-3H3. The molecule has 1 rings (SSSR count). The van der Waals surface area contributed by atoms with Gasteiger partial charge in [-0.05, 0) is 22.0 Å². The molecule has 0 aliphatic carbocycles. The Morgan fingerprint density at radius 1 is 1.44 bits per heavy atom. The Hall–Kier alpha value is -1.62. The molecule has 0 unspecified atom stereocenters. The van der Waals surface area contributed by atoms with E-state index < -0.39 is 5.97 Å². The second-order valence-corrected chi connectivity index (χ2v) is 4.27. The van der Waals surface area contributed by atoms with E-state index in [1.165, 1.54) is 14.0 Å². The molecule has 4 nitrogen and oxygen atoms in total. The van der Waals surface area contributed by atoms with Crippen LogP contribution < -0.4 is 0 Å². The van der Waals surface area contributed by atoms with E-state index in [4.69, 9.17) is 4.74 Å². The van der Waals surface area contributed by atoms with Gasteiger partial charge in [-0.3, -0.25) is 4.79 Å².